The molecule has 0 unspecified atom stereocenters. The molecule has 0 amide bonds. The fraction of sp³-hybridized carbons (Fsp3) is 0. The normalized spacial score (nSPS) is 9.82. The number of hydrogen-bond donors (Lipinski definition) is 0. The fourth-order valence-corrected chi connectivity index (χ4v) is 1.31. The van der Waals surface area contributed by atoms with Crippen LogP contribution in [-0.4, -0.2) is 9.59 Å². The zero-order valence-electron chi connectivity index (χ0n) is 5.69. The summed E-state index contributed by atoms with van der Waals surface area (Å²) >= 11 is 1.36. The van der Waals surface area contributed by atoms with E-state index < -0.39 is 0 Å². The van der Waals surface area contributed by atoms with E-state index in [9.17, 15) is 0 Å². The summed E-state index contributed by atoms with van der Waals surface area (Å²) in [7, 11) is 0. The lowest BCUT2D eigenvalue weighted by molar-refractivity contribution is 1.16. The van der Waals surface area contributed by atoms with E-state index in [1.807, 2.05) is 29.6 Å². The standard InChI is InChI=1S/C8H5N2S/c1-2-4-7(5-3-1)8-6-11-10-9-8/h2-6H. The molecule has 2 aromatic rings. The Kier molecular flexibility index (Phi) is 1.65. The van der Waals surface area contributed by atoms with Crippen LogP contribution in [0.2, 0.25) is 0 Å². The summed E-state index contributed by atoms with van der Waals surface area (Å²) in [6, 6.07) is 10.6. The molecule has 0 N–H and O–H groups in total. The number of benzene rings is 1. The van der Waals surface area contributed by atoms with Gasteiger partial charge in [-0.1, -0.05) is 28.8 Å². The zero-order chi connectivity index (χ0) is 7.52. The molecule has 0 aliphatic carbocycles. The lowest BCUT2D eigenvalue weighted by Crippen LogP contribution is -1.75. The van der Waals surface area contributed by atoms with Crippen LogP contribution in [-0.2, 0) is 0 Å². The molecule has 0 bridgehead atoms. The third kappa shape index (κ3) is 1.28. The topological polar surface area (TPSA) is 25.8 Å². The molecule has 0 spiro atoms. The maximum atomic E-state index is 3.94. The van der Waals surface area contributed by atoms with Crippen LogP contribution in [0, 0.1) is 6.07 Å². The lowest BCUT2D eigenvalue weighted by Gasteiger charge is -1.90. The highest BCUT2D eigenvalue weighted by molar-refractivity contribution is 7.03. The van der Waals surface area contributed by atoms with Crippen LogP contribution in [0.15, 0.2) is 29.6 Å². The molecular formula is C8H5N2S. The Hall–Kier alpha value is -1.22. The Morgan fingerprint density at radius 3 is 2.73 bits per heavy atom. The van der Waals surface area contributed by atoms with Gasteiger partial charge in [-0.2, -0.15) is 0 Å². The van der Waals surface area contributed by atoms with Crippen molar-refractivity contribution >= 4 is 11.5 Å². The van der Waals surface area contributed by atoms with Crippen molar-refractivity contribution in [1.82, 2.24) is 9.59 Å². The van der Waals surface area contributed by atoms with Crippen molar-refractivity contribution in [2.24, 2.45) is 0 Å². The Labute approximate surface area is 68.7 Å². The lowest BCUT2D eigenvalue weighted by atomic mass is 10.2. The van der Waals surface area contributed by atoms with Gasteiger partial charge >= 0.3 is 0 Å². The summed E-state index contributed by atoms with van der Waals surface area (Å²) < 4.78 is 3.78. The van der Waals surface area contributed by atoms with E-state index in [1.54, 1.807) is 0 Å². The Balaban J connectivity index is 2.46. The highest BCUT2D eigenvalue weighted by Gasteiger charge is 1.96. The van der Waals surface area contributed by atoms with Crippen molar-refractivity contribution in [3.8, 4) is 11.3 Å². The van der Waals surface area contributed by atoms with Gasteiger partial charge in [-0.25, -0.2) is 0 Å². The summed E-state index contributed by atoms with van der Waals surface area (Å²) in [5.74, 6) is 0. The SMILES string of the molecule is [c]1ccc(-c2csnn2)cc1. The van der Waals surface area contributed by atoms with Gasteiger partial charge in [0, 0.05) is 10.9 Å². The molecule has 0 saturated heterocycles. The molecule has 0 fully saturated rings. The molecule has 53 valence electrons. The fourth-order valence-electron chi connectivity index (χ4n) is 0.848. The zero-order valence-corrected chi connectivity index (χ0v) is 6.51. The molecule has 1 aromatic carbocycles. The van der Waals surface area contributed by atoms with Crippen LogP contribution < -0.4 is 0 Å². The van der Waals surface area contributed by atoms with Crippen LogP contribution in [0.3, 0.4) is 0 Å². The highest BCUT2D eigenvalue weighted by Crippen LogP contribution is 2.15. The molecule has 3 heteroatoms. The maximum absolute atomic E-state index is 3.94. The molecule has 0 aliphatic rings. The first-order chi connectivity index (χ1) is 5.47. The predicted octanol–water partition coefficient (Wildman–Crippen LogP) is 2.01. The van der Waals surface area contributed by atoms with Crippen molar-refractivity contribution in [3.63, 3.8) is 0 Å². The third-order valence-corrected chi connectivity index (χ3v) is 1.88. The van der Waals surface area contributed by atoms with Crippen LogP contribution in [0.5, 0.6) is 0 Å². The summed E-state index contributed by atoms with van der Waals surface area (Å²) in [5.41, 5.74) is 2.03. The minimum absolute atomic E-state index is 0.934. The third-order valence-electron chi connectivity index (χ3n) is 1.37. The monoisotopic (exact) mass is 161 g/mol. The van der Waals surface area contributed by atoms with Gasteiger partial charge in [0.2, 0.25) is 0 Å². The predicted molar refractivity (Wildman–Crippen MR) is 44.2 cm³/mol. The Morgan fingerprint density at radius 1 is 1.27 bits per heavy atom. The smallest absolute Gasteiger partial charge is 0.105 e. The van der Waals surface area contributed by atoms with Gasteiger partial charge in [0.05, 0.1) is 0 Å². The van der Waals surface area contributed by atoms with E-state index in [0.717, 1.165) is 11.3 Å². The molecule has 0 atom stereocenters. The van der Waals surface area contributed by atoms with Gasteiger partial charge in [-0.3, -0.25) is 0 Å². The number of hydrogen-bond acceptors (Lipinski definition) is 3. The van der Waals surface area contributed by atoms with Gasteiger partial charge in [-0.05, 0) is 17.6 Å². The number of nitrogens with zero attached hydrogens (tertiary/aromatic N) is 2. The molecule has 0 aliphatic heterocycles. The van der Waals surface area contributed by atoms with E-state index in [2.05, 4.69) is 15.7 Å². The van der Waals surface area contributed by atoms with E-state index >= 15 is 0 Å². The van der Waals surface area contributed by atoms with Gasteiger partial charge in [-0.15, -0.1) is 5.10 Å². The van der Waals surface area contributed by atoms with Crippen LogP contribution in [0.25, 0.3) is 11.3 Å². The maximum Gasteiger partial charge on any atom is 0.105 e. The first-order valence-electron chi connectivity index (χ1n) is 3.20. The van der Waals surface area contributed by atoms with Crippen LogP contribution in [0.4, 0.5) is 0 Å². The van der Waals surface area contributed by atoms with Crippen molar-refractivity contribution in [3.05, 3.63) is 35.7 Å². The second kappa shape index (κ2) is 2.80. The quantitative estimate of drug-likeness (QED) is 0.639. The summed E-state index contributed by atoms with van der Waals surface area (Å²) in [6.07, 6.45) is 0. The minimum atomic E-state index is 0.934. The van der Waals surface area contributed by atoms with Crippen molar-refractivity contribution < 1.29 is 0 Å². The second-order valence-corrected chi connectivity index (χ2v) is 2.69. The molecular weight excluding hydrogens is 156 g/mol. The van der Waals surface area contributed by atoms with Crippen LogP contribution in [0.1, 0.15) is 0 Å². The van der Waals surface area contributed by atoms with Gasteiger partial charge in [0.1, 0.15) is 5.69 Å². The first kappa shape index (κ1) is 6.49. The summed E-state index contributed by atoms with van der Waals surface area (Å²) in [6.45, 7) is 0. The molecule has 11 heavy (non-hydrogen) atoms. The largest absolute Gasteiger partial charge is 0.138 e. The van der Waals surface area contributed by atoms with Crippen molar-refractivity contribution in [2.45, 2.75) is 0 Å². The Bertz CT molecular complexity index is 315. The van der Waals surface area contributed by atoms with E-state index in [4.69, 9.17) is 0 Å². The van der Waals surface area contributed by atoms with Gasteiger partial charge in [0.25, 0.3) is 0 Å². The van der Waals surface area contributed by atoms with E-state index in [0.29, 0.717) is 0 Å². The average Bonchev–Trinajstić information content (AvgIpc) is 2.58. The summed E-state index contributed by atoms with van der Waals surface area (Å²) in [4.78, 5) is 0. The number of rotatable bonds is 1. The van der Waals surface area contributed by atoms with Crippen molar-refractivity contribution in [1.29, 1.82) is 0 Å². The molecule has 2 rings (SSSR count). The van der Waals surface area contributed by atoms with Gasteiger partial charge in [0.15, 0.2) is 0 Å². The van der Waals surface area contributed by atoms with Crippen LogP contribution >= 0.6 is 11.5 Å². The van der Waals surface area contributed by atoms with E-state index in [-0.39, 0.29) is 0 Å². The second-order valence-electron chi connectivity index (χ2n) is 2.08. The van der Waals surface area contributed by atoms with Crippen molar-refractivity contribution in [2.75, 3.05) is 0 Å². The average molecular weight is 161 g/mol. The molecule has 1 radical (unpaired) electrons. The highest BCUT2D eigenvalue weighted by atomic mass is 32.1. The van der Waals surface area contributed by atoms with Gasteiger partial charge < -0.3 is 0 Å². The summed E-state index contributed by atoms with van der Waals surface area (Å²) in [5, 5.41) is 5.87. The number of aromatic nitrogens is 2. The molecule has 2 nitrogen and oxygen atoms in total. The Morgan fingerprint density at radius 2 is 2.09 bits per heavy atom. The molecule has 1 aromatic heterocycles. The van der Waals surface area contributed by atoms with E-state index in [1.165, 1.54) is 11.5 Å². The minimum Gasteiger partial charge on any atom is -0.138 e. The molecule has 1 heterocycles. The molecule has 0 saturated carbocycles. The first-order valence-corrected chi connectivity index (χ1v) is 4.04.